The summed E-state index contributed by atoms with van der Waals surface area (Å²) in [7, 11) is 1.68. The quantitative estimate of drug-likeness (QED) is 0.731. The predicted molar refractivity (Wildman–Crippen MR) is 60.6 cm³/mol. The van der Waals surface area contributed by atoms with Gasteiger partial charge in [0.1, 0.15) is 5.92 Å². The van der Waals surface area contributed by atoms with E-state index >= 15 is 0 Å². The minimum absolute atomic E-state index is 0.0482. The molecule has 90 valence electrons. The fraction of sp³-hybridized carbons (Fsp3) is 0.833. The molecule has 0 radical (unpaired) electrons. The lowest BCUT2D eigenvalue weighted by Gasteiger charge is -2.40. The molecule has 1 amide bonds. The third kappa shape index (κ3) is 2.73. The molecule has 1 aliphatic heterocycles. The molecule has 0 bridgehead atoms. The Kier molecular flexibility index (Phi) is 4.31. The van der Waals surface area contributed by atoms with Crippen LogP contribution in [0.2, 0.25) is 0 Å². The number of amides is 1. The van der Waals surface area contributed by atoms with Crippen LogP contribution in [0.3, 0.4) is 0 Å². The molecule has 4 nitrogen and oxygen atoms in total. The Morgan fingerprint density at radius 2 is 2.38 bits per heavy atom. The Bertz CT molecular complexity index is 298. The van der Waals surface area contributed by atoms with Gasteiger partial charge in [0.25, 0.3) is 0 Å². The van der Waals surface area contributed by atoms with Crippen LogP contribution in [0, 0.1) is 17.2 Å². The summed E-state index contributed by atoms with van der Waals surface area (Å²) < 4.78 is 5.43. The van der Waals surface area contributed by atoms with Crippen LogP contribution in [0.5, 0.6) is 0 Å². The first-order valence-electron chi connectivity index (χ1n) is 5.80. The number of hydrogen-bond donors (Lipinski definition) is 0. The van der Waals surface area contributed by atoms with Gasteiger partial charge >= 0.3 is 0 Å². The second-order valence-corrected chi connectivity index (χ2v) is 4.61. The highest BCUT2D eigenvalue weighted by molar-refractivity contribution is 5.81. The molecule has 1 heterocycles. The highest BCUT2D eigenvalue weighted by Crippen LogP contribution is 2.25. The Morgan fingerprint density at radius 3 is 2.88 bits per heavy atom. The molecule has 0 aromatic carbocycles. The molecule has 0 N–H and O–H groups in total. The van der Waals surface area contributed by atoms with Crippen molar-refractivity contribution in [3.63, 3.8) is 0 Å². The van der Waals surface area contributed by atoms with E-state index in [0.717, 1.165) is 19.4 Å². The molecule has 1 fully saturated rings. The largest absolute Gasteiger partial charge is 0.377 e. The average Bonchev–Trinajstić information content (AvgIpc) is 2.30. The fourth-order valence-corrected chi connectivity index (χ4v) is 2.10. The van der Waals surface area contributed by atoms with Crippen molar-refractivity contribution in [3.8, 4) is 6.07 Å². The fourth-order valence-electron chi connectivity index (χ4n) is 2.10. The van der Waals surface area contributed by atoms with Gasteiger partial charge in [-0.3, -0.25) is 4.79 Å². The molecule has 0 saturated carbocycles. The second kappa shape index (κ2) is 5.31. The number of nitrogens with zero attached hydrogens (tertiary/aromatic N) is 2. The van der Waals surface area contributed by atoms with Crippen LogP contribution in [-0.2, 0) is 9.53 Å². The first-order chi connectivity index (χ1) is 7.56. The van der Waals surface area contributed by atoms with Crippen molar-refractivity contribution < 1.29 is 9.53 Å². The number of rotatable bonds is 3. The molecule has 0 aliphatic carbocycles. The van der Waals surface area contributed by atoms with Crippen LogP contribution in [0.15, 0.2) is 0 Å². The van der Waals surface area contributed by atoms with Crippen molar-refractivity contribution in [3.05, 3.63) is 0 Å². The Labute approximate surface area is 97.2 Å². The SMILES string of the molecule is CCC(C#N)C(=O)N1CCCC(C)(OC)C1. The van der Waals surface area contributed by atoms with Gasteiger partial charge in [0.15, 0.2) is 0 Å². The summed E-state index contributed by atoms with van der Waals surface area (Å²) in [6, 6.07) is 2.06. The zero-order chi connectivity index (χ0) is 12.2. The molecule has 0 spiro atoms. The van der Waals surface area contributed by atoms with E-state index < -0.39 is 5.92 Å². The van der Waals surface area contributed by atoms with Crippen molar-refractivity contribution in [1.29, 1.82) is 5.26 Å². The summed E-state index contributed by atoms with van der Waals surface area (Å²) in [5, 5.41) is 8.89. The number of methoxy groups -OCH3 is 1. The van der Waals surface area contributed by atoms with Crippen LogP contribution in [0.4, 0.5) is 0 Å². The average molecular weight is 224 g/mol. The Balaban J connectivity index is 2.67. The molecular formula is C12H20N2O2. The Hall–Kier alpha value is -1.08. The van der Waals surface area contributed by atoms with Crippen LogP contribution < -0.4 is 0 Å². The summed E-state index contributed by atoms with van der Waals surface area (Å²) >= 11 is 0. The van der Waals surface area contributed by atoms with E-state index in [4.69, 9.17) is 10.00 Å². The predicted octanol–water partition coefficient (Wildman–Crippen LogP) is 1.56. The van der Waals surface area contributed by atoms with Gasteiger partial charge in [0.05, 0.1) is 11.7 Å². The summed E-state index contributed by atoms with van der Waals surface area (Å²) in [6.07, 6.45) is 2.49. The molecule has 0 aromatic heterocycles. The molecule has 2 atom stereocenters. The molecule has 1 saturated heterocycles. The first-order valence-corrected chi connectivity index (χ1v) is 5.80. The van der Waals surface area contributed by atoms with E-state index in [-0.39, 0.29) is 11.5 Å². The van der Waals surface area contributed by atoms with Gasteiger partial charge in [-0.15, -0.1) is 0 Å². The van der Waals surface area contributed by atoms with Crippen molar-refractivity contribution >= 4 is 5.91 Å². The molecule has 0 aromatic rings. The maximum Gasteiger partial charge on any atom is 0.240 e. The minimum Gasteiger partial charge on any atom is -0.377 e. The highest BCUT2D eigenvalue weighted by atomic mass is 16.5. The van der Waals surface area contributed by atoms with Crippen LogP contribution in [0.1, 0.15) is 33.1 Å². The third-order valence-electron chi connectivity index (χ3n) is 3.33. The lowest BCUT2D eigenvalue weighted by molar-refractivity contribution is -0.141. The molecule has 1 aliphatic rings. The van der Waals surface area contributed by atoms with Crippen LogP contribution >= 0.6 is 0 Å². The first kappa shape index (κ1) is 13.0. The van der Waals surface area contributed by atoms with Crippen molar-refractivity contribution in [1.82, 2.24) is 4.90 Å². The number of nitriles is 1. The van der Waals surface area contributed by atoms with Crippen molar-refractivity contribution in [2.75, 3.05) is 20.2 Å². The smallest absolute Gasteiger partial charge is 0.240 e. The van der Waals surface area contributed by atoms with Gasteiger partial charge in [-0.2, -0.15) is 5.26 Å². The lowest BCUT2D eigenvalue weighted by atomic mass is 9.93. The number of piperidine rings is 1. The van der Waals surface area contributed by atoms with Crippen LogP contribution in [0.25, 0.3) is 0 Å². The van der Waals surface area contributed by atoms with E-state index in [1.165, 1.54) is 0 Å². The number of likely N-dealkylation sites (tertiary alicyclic amines) is 1. The molecule has 4 heteroatoms. The zero-order valence-corrected chi connectivity index (χ0v) is 10.3. The van der Waals surface area contributed by atoms with Crippen LogP contribution in [-0.4, -0.2) is 36.6 Å². The maximum atomic E-state index is 12.0. The van der Waals surface area contributed by atoms with E-state index in [1.807, 2.05) is 13.8 Å². The van der Waals surface area contributed by atoms with Gasteiger partial charge < -0.3 is 9.64 Å². The lowest BCUT2D eigenvalue weighted by Crippen LogP contribution is -2.51. The summed E-state index contributed by atoms with van der Waals surface area (Å²) in [4.78, 5) is 13.8. The molecular weight excluding hydrogens is 204 g/mol. The molecule has 16 heavy (non-hydrogen) atoms. The van der Waals surface area contributed by atoms with Gasteiger partial charge in [0.2, 0.25) is 5.91 Å². The summed E-state index contributed by atoms with van der Waals surface area (Å²) in [5.41, 5.74) is -0.248. The third-order valence-corrected chi connectivity index (χ3v) is 3.33. The topological polar surface area (TPSA) is 53.3 Å². The zero-order valence-electron chi connectivity index (χ0n) is 10.3. The van der Waals surface area contributed by atoms with E-state index in [9.17, 15) is 4.79 Å². The Morgan fingerprint density at radius 1 is 1.69 bits per heavy atom. The molecule has 1 rings (SSSR count). The normalized spacial score (nSPS) is 27.2. The standard InChI is InChI=1S/C12H20N2O2/c1-4-10(8-13)11(15)14-7-5-6-12(2,9-14)16-3/h10H,4-7,9H2,1-3H3. The van der Waals surface area contributed by atoms with E-state index in [2.05, 4.69) is 6.07 Å². The van der Waals surface area contributed by atoms with Crippen molar-refractivity contribution in [2.24, 2.45) is 5.92 Å². The van der Waals surface area contributed by atoms with E-state index in [0.29, 0.717) is 13.0 Å². The maximum absolute atomic E-state index is 12.0. The minimum atomic E-state index is -0.501. The highest BCUT2D eigenvalue weighted by Gasteiger charge is 2.34. The number of ether oxygens (including phenoxy) is 1. The van der Waals surface area contributed by atoms with Crippen molar-refractivity contribution in [2.45, 2.75) is 38.7 Å². The van der Waals surface area contributed by atoms with Gasteiger partial charge in [-0.25, -0.2) is 0 Å². The summed E-state index contributed by atoms with van der Waals surface area (Å²) in [5.74, 6) is -0.549. The molecule has 2 unspecified atom stereocenters. The number of hydrogen-bond acceptors (Lipinski definition) is 3. The van der Waals surface area contributed by atoms with Gasteiger partial charge in [0, 0.05) is 20.2 Å². The number of carbonyl (C=O) groups excluding carboxylic acids is 1. The van der Waals surface area contributed by atoms with Gasteiger partial charge in [-0.05, 0) is 26.2 Å². The summed E-state index contributed by atoms with van der Waals surface area (Å²) in [6.45, 7) is 5.22. The van der Waals surface area contributed by atoms with E-state index in [1.54, 1.807) is 12.0 Å². The monoisotopic (exact) mass is 224 g/mol. The van der Waals surface area contributed by atoms with Gasteiger partial charge in [-0.1, -0.05) is 6.92 Å². The number of carbonyl (C=O) groups is 1. The second-order valence-electron chi connectivity index (χ2n) is 4.61.